The number of amides is 1. The fourth-order valence-corrected chi connectivity index (χ4v) is 5.46. The molecule has 38 heavy (non-hydrogen) atoms. The summed E-state index contributed by atoms with van der Waals surface area (Å²) in [5.74, 6) is 0.861. The first-order valence-electron chi connectivity index (χ1n) is 11.2. The van der Waals surface area contributed by atoms with E-state index in [9.17, 15) is 13.2 Å². The van der Waals surface area contributed by atoms with Gasteiger partial charge in [-0.05, 0) is 70.9 Å². The van der Waals surface area contributed by atoms with Crippen molar-refractivity contribution in [3.8, 4) is 17.2 Å². The van der Waals surface area contributed by atoms with Crippen molar-refractivity contribution in [2.24, 2.45) is 5.10 Å². The molecule has 0 saturated carbocycles. The van der Waals surface area contributed by atoms with Gasteiger partial charge in [-0.3, -0.25) is 9.10 Å². The van der Waals surface area contributed by atoms with Crippen molar-refractivity contribution < 1.29 is 27.4 Å². The number of methoxy groups -OCH3 is 2. The van der Waals surface area contributed by atoms with Gasteiger partial charge in [0.2, 0.25) is 10.0 Å². The molecule has 1 amide bonds. The van der Waals surface area contributed by atoms with Gasteiger partial charge in [0.15, 0.2) is 11.5 Å². The summed E-state index contributed by atoms with van der Waals surface area (Å²) in [6.07, 6.45) is 2.44. The number of ether oxygens (including phenoxy) is 3. The molecule has 0 bridgehead atoms. The molecule has 3 aromatic carbocycles. The average molecular weight is 625 g/mol. The van der Waals surface area contributed by atoms with Crippen LogP contribution in [0.2, 0.25) is 5.02 Å². The van der Waals surface area contributed by atoms with Gasteiger partial charge in [0.25, 0.3) is 5.91 Å². The smallest absolute Gasteiger partial charge is 0.263 e. The number of rotatable bonds is 11. The molecule has 12 heteroatoms. The minimum Gasteiger partial charge on any atom is -0.497 e. The molecule has 9 nitrogen and oxygen atoms in total. The maximum atomic E-state index is 12.8. The monoisotopic (exact) mass is 623 g/mol. The van der Waals surface area contributed by atoms with Gasteiger partial charge in [0.1, 0.15) is 18.4 Å². The van der Waals surface area contributed by atoms with E-state index in [1.165, 1.54) is 27.4 Å². The number of sulfonamides is 1. The van der Waals surface area contributed by atoms with E-state index in [1.807, 2.05) is 18.2 Å². The molecule has 0 unspecified atom stereocenters. The number of carbonyl (C=O) groups excluding carboxylic acids is 1. The predicted molar refractivity (Wildman–Crippen MR) is 152 cm³/mol. The molecule has 3 aromatic rings. The van der Waals surface area contributed by atoms with Crippen LogP contribution in [0.3, 0.4) is 0 Å². The molecule has 202 valence electrons. The van der Waals surface area contributed by atoms with E-state index in [0.717, 1.165) is 16.1 Å². The van der Waals surface area contributed by atoms with E-state index >= 15 is 0 Å². The number of nitrogens with one attached hydrogen (secondary N) is 1. The molecule has 0 aliphatic rings. The summed E-state index contributed by atoms with van der Waals surface area (Å²) < 4.78 is 43.1. The summed E-state index contributed by atoms with van der Waals surface area (Å²) >= 11 is 9.69. The molecule has 1 atom stereocenters. The summed E-state index contributed by atoms with van der Waals surface area (Å²) in [4.78, 5) is 12.8. The van der Waals surface area contributed by atoms with E-state index in [1.54, 1.807) is 42.5 Å². The lowest BCUT2D eigenvalue weighted by Crippen LogP contribution is -2.46. The molecule has 0 radical (unpaired) electrons. The van der Waals surface area contributed by atoms with Crippen molar-refractivity contribution in [2.45, 2.75) is 19.6 Å². The molecule has 0 heterocycles. The van der Waals surface area contributed by atoms with E-state index in [0.29, 0.717) is 38.0 Å². The van der Waals surface area contributed by atoms with E-state index in [4.69, 9.17) is 25.8 Å². The Morgan fingerprint density at radius 3 is 2.42 bits per heavy atom. The fraction of sp³-hybridized carbons (Fsp3) is 0.231. The highest BCUT2D eigenvalue weighted by atomic mass is 79.9. The topological polar surface area (TPSA) is 107 Å². The lowest BCUT2D eigenvalue weighted by atomic mass is 10.2. The lowest BCUT2D eigenvalue weighted by molar-refractivity contribution is -0.121. The first-order valence-corrected chi connectivity index (χ1v) is 14.3. The first-order chi connectivity index (χ1) is 18.0. The van der Waals surface area contributed by atoms with Crippen molar-refractivity contribution in [2.75, 3.05) is 24.8 Å². The van der Waals surface area contributed by atoms with Gasteiger partial charge in [-0.2, -0.15) is 5.10 Å². The van der Waals surface area contributed by atoms with Crippen LogP contribution in [0.4, 0.5) is 5.69 Å². The Labute approximate surface area is 235 Å². The molecular weight excluding hydrogens is 598 g/mol. The number of nitrogens with zero attached hydrogens (tertiary/aromatic N) is 2. The van der Waals surface area contributed by atoms with E-state index in [-0.39, 0.29) is 6.61 Å². The molecule has 0 saturated heterocycles. The van der Waals surface area contributed by atoms with Crippen LogP contribution in [0.5, 0.6) is 17.2 Å². The van der Waals surface area contributed by atoms with Crippen LogP contribution < -0.4 is 23.9 Å². The number of halogens is 2. The van der Waals surface area contributed by atoms with Crippen LogP contribution in [0.1, 0.15) is 18.1 Å². The highest BCUT2D eigenvalue weighted by Crippen LogP contribution is 2.37. The number of hydrogen-bond donors (Lipinski definition) is 1. The zero-order chi connectivity index (χ0) is 27.9. The van der Waals surface area contributed by atoms with Crippen molar-refractivity contribution >= 4 is 55.4 Å². The van der Waals surface area contributed by atoms with Gasteiger partial charge in [0, 0.05) is 10.6 Å². The van der Waals surface area contributed by atoms with Crippen LogP contribution in [0, 0.1) is 0 Å². The van der Waals surface area contributed by atoms with Gasteiger partial charge < -0.3 is 14.2 Å². The maximum absolute atomic E-state index is 12.8. The molecule has 0 spiro atoms. The van der Waals surface area contributed by atoms with Crippen LogP contribution in [-0.2, 0) is 21.4 Å². The van der Waals surface area contributed by atoms with Crippen LogP contribution in [0.25, 0.3) is 0 Å². The SMILES string of the molecule is COc1ccc(N([C@@H](C)C(=O)N/N=C\c2cc(Br)c(OCc3ccccc3Cl)c(OC)c2)S(C)(=O)=O)cc1. The normalized spacial score (nSPS) is 12.2. The van der Waals surface area contributed by atoms with Crippen LogP contribution in [0.15, 0.2) is 70.2 Å². The van der Waals surface area contributed by atoms with E-state index in [2.05, 4.69) is 26.5 Å². The summed E-state index contributed by atoms with van der Waals surface area (Å²) in [7, 11) is -0.758. The largest absolute Gasteiger partial charge is 0.497 e. The second-order valence-corrected chi connectivity index (χ2v) is 11.2. The zero-order valence-corrected chi connectivity index (χ0v) is 24.3. The lowest BCUT2D eigenvalue weighted by Gasteiger charge is -2.27. The summed E-state index contributed by atoms with van der Waals surface area (Å²) in [5.41, 5.74) is 4.14. The van der Waals surface area contributed by atoms with E-state index < -0.39 is 22.0 Å². The Bertz CT molecular complexity index is 1420. The zero-order valence-electron chi connectivity index (χ0n) is 21.1. The highest BCUT2D eigenvalue weighted by molar-refractivity contribution is 9.10. The Morgan fingerprint density at radius 2 is 1.82 bits per heavy atom. The molecule has 3 rings (SSSR count). The minimum atomic E-state index is -3.77. The van der Waals surface area contributed by atoms with Gasteiger partial charge in [0.05, 0.1) is 36.9 Å². The second-order valence-electron chi connectivity index (χ2n) is 8.08. The highest BCUT2D eigenvalue weighted by Gasteiger charge is 2.29. The van der Waals surface area contributed by atoms with Gasteiger partial charge in [-0.25, -0.2) is 13.8 Å². The number of hydrogen-bond acceptors (Lipinski definition) is 7. The van der Waals surface area contributed by atoms with Crippen LogP contribution >= 0.6 is 27.5 Å². The van der Waals surface area contributed by atoms with Gasteiger partial charge >= 0.3 is 0 Å². The third kappa shape index (κ3) is 7.40. The molecule has 0 aromatic heterocycles. The van der Waals surface area contributed by atoms with Gasteiger partial charge in [-0.1, -0.05) is 29.8 Å². The summed E-state index contributed by atoms with van der Waals surface area (Å²) in [5, 5.41) is 4.59. The first kappa shape index (κ1) is 29.3. The van der Waals surface area contributed by atoms with Gasteiger partial charge in [-0.15, -0.1) is 0 Å². The molecule has 1 N–H and O–H groups in total. The predicted octanol–water partition coefficient (Wildman–Crippen LogP) is 5.00. The number of anilines is 1. The van der Waals surface area contributed by atoms with Crippen molar-refractivity contribution in [3.05, 3.63) is 81.3 Å². The molecule has 0 aliphatic heterocycles. The molecule has 0 aliphatic carbocycles. The molecular formula is C26H27BrClN3O6S. The quantitative estimate of drug-likeness (QED) is 0.238. The Morgan fingerprint density at radius 1 is 1.13 bits per heavy atom. The minimum absolute atomic E-state index is 0.237. The number of benzene rings is 3. The Hall–Kier alpha value is -3.28. The Balaban J connectivity index is 1.72. The van der Waals surface area contributed by atoms with Crippen molar-refractivity contribution in [1.29, 1.82) is 0 Å². The third-order valence-electron chi connectivity index (χ3n) is 5.39. The third-order valence-corrected chi connectivity index (χ3v) is 7.58. The fourth-order valence-electron chi connectivity index (χ4n) is 3.52. The molecule has 0 fully saturated rings. The second kappa shape index (κ2) is 13.0. The van der Waals surface area contributed by atoms with Crippen molar-refractivity contribution in [3.63, 3.8) is 0 Å². The summed E-state index contributed by atoms with van der Waals surface area (Å²) in [6.45, 7) is 1.71. The average Bonchev–Trinajstić information content (AvgIpc) is 2.88. The number of hydrazone groups is 1. The maximum Gasteiger partial charge on any atom is 0.263 e. The van der Waals surface area contributed by atoms with Crippen molar-refractivity contribution in [1.82, 2.24) is 5.43 Å². The standard InChI is InChI=1S/C26H27BrClN3O6S/c1-17(31(38(4,33)34)20-9-11-21(35-2)12-10-20)26(32)30-29-15-18-13-22(27)25(24(14-18)36-3)37-16-19-7-5-6-8-23(19)28/h5-15,17H,16H2,1-4H3,(H,30,32)/b29-15-/t17-/m0/s1. The Kier molecular flexibility index (Phi) is 10.0. The summed E-state index contributed by atoms with van der Waals surface area (Å²) in [6, 6.07) is 16.1. The number of carbonyl (C=O) groups is 1. The van der Waals surface area contributed by atoms with Crippen LogP contribution in [-0.4, -0.2) is 47.1 Å².